The number of phenols is 1. The van der Waals surface area contributed by atoms with Crippen LogP contribution in [0.4, 0.5) is 4.39 Å². The Morgan fingerprint density at radius 3 is 2.55 bits per heavy atom. The molecule has 6 nitrogen and oxygen atoms in total. The molecule has 1 atom stereocenters. The number of aromatic hydroxyl groups is 1. The number of fused-ring (bicyclic) bond motifs is 1. The van der Waals surface area contributed by atoms with E-state index in [2.05, 4.69) is 5.32 Å². The molecule has 3 heterocycles. The van der Waals surface area contributed by atoms with E-state index in [0.29, 0.717) is 37.4 Å². The van der Waals surface area contributed by atoms with Crippen molar-refractivity contribution in [2.75, 3.05) is 19.8 Å². The number of pyridine rings is 1. The molecule has 2 aliphatic rings. The van der Waals surface area contributed by atoms with Crippen molar-refractivity contribution in [2.24, 2.45) is 0 Å². The summed E-state index contributed by atoms with van der Waals surface area (Å²) in [4.78, 5) is 17.0. The summed E-state index contributed by atoms with van der Waals surface area (Å²) in [6.45, 7) is 1.85. The molecule has 1 unspecified atom stereocenters. The second kappa shape index (κ2) is 8.15. The maximum Gasteiger partial charge on any atom is 0.261 e. The molecule has 2 saturated heterocycles. The fraction of sp³-hybridized carbons (Fsp3) is 0.333. The van der Waals surface area contributed by atoms with E-state index in [1.807, 2.05) is 6.07 Å². The highest BCUT2D eigenvalue weighted by molar-refractivity contribution is 6.01. The van der Waals surface area contributed by atoms with Crippen molar-refractivity contribution in [3.8, 4) is 22.8 Å². The molecule has 1 aromatic heterocycles. The molecule has 0 aliphatic carbocycles. The van der Waals surface area contributed by atoms with Gasteiger partial charge in [-0.1, -0.05) is 12.1 Å². The number of benzene rings is 2. The first-order valence-corrected chi connectivity index (χ1v) is 10.5. The Labute approximate surface area is 179 Å². The first-order valence-electron chi connectivity index (χ1n) is 10.5. The number of aromatic nitrogens is 1. The molecular formula is C24H23FN2O4. The van der Waals surface area contributed by atoms with Crippen LogP contribution >= 0.6 is 0 Å². The van der Waals surface area contributed by atoms with Crippen LogP contribution in [0, 0.1) is 5.82 Å². The van der Waals surface area contributed by atoms with E-state index in [0.717, 1.165) is 35.0 Å². The summed E-state index contributed by atoms with van der Waals surface area (Å²) in [5, 5.41) is 14.4. The quantitative estimate of drug-likeness (QED) is 0.666. The van der Waals surface area contributed by atoms with Crippen molar-refractivity contribution in [3.63, 3.8) is 0 Å². The molecule has 31 heavy (non-hydrogen) atoms. The maximum absolute atomic E-state index is 13.6. The van der Waals surface area contributed by atoms with Gasteiger partial charge < -0.3 is 19.9 Å². The average molecular weight is 422 g/mol. The molecule has 5 rings (SSSR count). The number of hydrogen-bond acceptors (Lipinski definition) is 5. The maximum atomic E-state index is 13.6. The largest absolute Gasteiger partial charge is 0.508 e. The summed E-state index contributed by atoms with van der Waals surface area (Å²) >= 11 is 0. The zero-order chi connectivity index (χ0) is 21.4. The normalized spacial score (nSPS) is 19.5. The SMILES string of the molecule is O=C1NCCC1Oc1nc(C2CCOCC2)c(-c2ccc(F)cc2)c2ccc(O)cc12. The van der Waals surface area contributed by atoms with Gasteiger partial charge in [0.1, 0.15) is 11.6 Å². The Bertz CT molecular complexity index is 1130. The van der Waals surface area contributed by atoms with Gasteiger partial charge in [0.15, 0.2) is 6.10 Å². The summed E-state index contributed by atoms with van der Waals surface area (Å²) in [5.41, 5.74) is 2.59. The Balaban J connectivity index is 1.73. The molecule has 0 bridgehead atoms. The lowest BCUT2D eigenvalue weighted by Crippen LogP contribution is -2.28. The minimum atomic E-state index is -0.614. The number of nitrogens with zero attached hydrogens (tertiary/aromatic N) is 1. The molecule has 2 fully saturated rings. The standard InChI is InChI=1S/C24H23FN2O4/c25-16-3-1-14(2-4-16)21-18-6-5-17(28)13-19(18)24(31-20-7-10-26-23(20)29)27-22(21)15-8-11-30-12-9-15/h1-6,13,15,20,28H,7-12H2,(H,26,29). The molecule has 7 heteroatoms. The van der Waals surface area contributed by atoms with E-state index < -0.39 is 6.10 Å². The molecule has 1 amide bonds. The van der Waals surface area contributed by atoms with Crippen LogP contribution in [0.2, 0.25) is 0 Å². The van der Waals surface area contributed by atoms with Gasteiger partial charge >= 0.3 is 0 Å². The number of halogens is 1. The van der Waals surface area contributed by atoms with Crippen LogP contribution in [0.3, 0.4) is 0 Å². The fourth-order valence-corrected chi connectivity index (χ4v) is 4.39. The molecule has 2 N–H and O–H groups in total. The summed E-state index contributed by atoms with van der Waals surface area (Å²) in [6.07, 6.45) is 1.58. The predicted molar refractivity (Wildman–Crippen MR) is 114 cm³/mol. The number of rotatable bonds is 4. The summed E-state index contributed by atoms with van der Waals surface area (Å²) in [7, 11) is 0. The van der Waals surface area contributed by atoms with Crippen molar-refractivity contribution in [2.45, 2.75) is 31.3 Å². The molecule has 0 saturated carbocycles. The zero-order valence-electron chi connectivity index (χ0n) is 16.9. The molecule has 2 aliphatic heterocycles. The highest BCUT2D eigenvalue weighted by Crippen LogP contribution is 2.42. The van der Waals surface area contributed by atoms with E-state index in [4.69, 9.17) is 14.5 Å². The van der Waals surface area contributed by atoms with Crippen LogP contribution in [0.25, 0.3) is 21.9 Å². The van der Waals surface area contributed by atoms with E-state index in [1.54, 1.807) is 24.3 Å². The van der Waals surface area contributed by atoms with E-state index >= 15 is 0 Å². The Morgan fingerprint density at radius 1 is 1.06 bits per heavy atom. The van der Waals surface area contributed by atoms with Crippen molar-refractivity contribution in [1.29, 1.82) is 0 Å². The average Bonchev–Trinajstić information content (AvgIpc) is 3.19. The van der Waals surface area contributed by atoms with Crippen LogP contribution < -0.4 is 10.1 Å². The van der Waals surface area contributed by atoms with Crippen molar-refractivity contribution in [3.05, 3.63) is 54.0 Å². The van der Waals surface area contributed by atoms with E-state index in [-0.39, 0.29) is 23.4 Å². The predicted octanol–water partition coefficient (Wildman–Crippen LogP) is 3.91. The molecule has 2 aromatic carbocycles. The van der Waals surface area contributed by atoms with E-state index in [1.165, 1.54) is 12.1 Å². The monoisotopic (exact) mass is 422 g/mol. The molecule has 0 radical (unpaired) electrons. The minimum absolute atomic E-state index is 0.0823. The number of ether oxygens (including phenoxy) is 2. The highest BCUT2D eigenvalue weighted by Gasteiger charge is 2.30. The minimum Gasteiger partial charge on any atom is -0.508 e. The lowest BCUT2D eigenvalue weighted by Gasteiger charge is -2.26. The van der Waals surface area contributed by atoms with Crippen LogP contribution in [0.5, 0.6) is 11.6 Å². The lowest BCUT2D eigenvalue weighted by atomic mass is 9.87. The second-order valence-electron chi connectivity index (χ2n) is 7.99. The van der Waals surface area contributed by atoms with Crippen LogP contribution in [-0.4, -0.2) is 41.9 Å². The summed E-state index contributed by atoms with van der Waals surface area (Å²) in [6, 6.07) is 11.4. The smallest absolute Gasteiger partial charge is 0.261 e. The third-order valence-electron chi connectivity index (χ3n) is 5.97. The number of carbonyl (C=O) groups is 1. The lowest BCUT2D eigenvalue weighted by molar-refractivity contribution is -0.125. The van der Waals surface area contributed by atoms with Crippen LogP contribution in [0.15, 0.2) is 42.5 Å². The van der Waals surface area contributed by atoms with Crippen LogP contribution in [0.1, 0.15) is 30.9 Å². The van der Waals surface area contributed by atoms with Gasteiger partial charge in [0.2, 0.25) is 5.88 Å². The second-order valence-corrected chi connectivity index (χ2v) is 7.99. The van der Waals surface area contributed by atoms with Crippen molar-refractivity contribution >= 4 is 16.7 Å². The summed E-state index contributed by atoms with van der Waals surface area (Å²) < 4.78 is 25.2. The van der Waals surface area contributed by atoms with Gasteiger partial charge in [-0.05, 0) is 54.1 Å². The third kappa shape index (κ3) is 3.81. The number of amides is 1. The van der Waals surface area contributed by atoms with Gasteiger partial charge in [0, 0.05) is 43.0 Å². The fourth-order valence-electron chi connectivity index (χ4n) is 4.39. The van der Waals surface area contributed by atoms with Crippen molar-refractivity contribution in [1.82, 2.24) is 10.3 Å². The number of nitrogens with one attached hydrogen (secondary N) is 1. The van der Waals surface area contributed by atoms with Gasteiger partial charge in [-0.25, -0.2) is 9.37 Å². The van der Waals surface area contributed by atoms with Gasteiger partial charge in [0.25, 0.3) is 5.91 Å². The van der Waals surface area contributed by atoms with Gasteiger partial charge in [0.05, 0.1) is 5.69 Å². The summed E-state index contributed by atoms with van der Waals surface area (Å²) in [5.74, 6) is 0.0924. The van der Waals surface area contributed by atoms with Crippen molar-refractivity contribution < 1.29 is 23.8 Å². The van der Waals surface area contributed by atoms with Crippen LogP contribution in [-0.2, 0) is 9.53 Å². The Morgan fingerprint density at radius 2 is 1.84 bits per heavy atom. The van der Waals surface area contributed by atoms with Gasteiger partial charge in [-0.2, -0.15) is 0 Å². The van der Waals surface area contributed by atoms with E-state index in [9.17, 15) is 14.3 Å². The first kappa shape index (κ1) is 19.8. The number of carbonyl (C=O) groups excluding carboxylic acids is 1. The third-order valence-corrected chi connectivity index (χ3v) is 5.97. The highest BCUT2D eigenvalue weighted by atomic mass is 19.1. The molecular weight excluding hydrogens is 399 g/mol. The molecule has 3 aromatic rings. The molecule has 160 valence electrons. The topological polar surface area (TPSA) is 80.7 Å². The Kier molecular flexibility index (Phi) is 5.19. The Hall–Kier alpha value is -3.19. The van der Waals surface area contributed by atoms with Gasteiger partial charge in [-0.3, -0.25) is 4.79 Å². The number of hydrogen-bond donors (Lipinski definition) is 2. The first-order chi connectivity index (χ1) is 15.1. The van der Waals surface area contributed by atoms with Gasteiger partial charge in [-0.15, -0.1) is 0 Å². The molecule has 0 spiro atoms. The number of phenolic OH excluding ortho intramolecular Hbond substituents is 1. The zero-order valence-corrected chi connectivity index (χ0v) is 16.9.